The fourth-order valence-corrected chi connectivity index (χ4v) is 2.52. The van der Waals surface area contributed by atoms with Crippen molar-refractivity contribution < 1.29 is 13.2 Å². The fourth-order valence-electron chi connectivity index (χ4n) is 1.48. The molecule has 1 rings (SSSR count). The molecule has 21 heavy (non-hydrogen) atoms. The Hall–Kier alpha value is -0.820. The number of nitrogens with two attached hydrogens (primary N) is 1. The monoisotopic (exact) mass is 352 g/mol. The molecule has 0 bridgehead atoms. The number of rotatable bonds is 5. The van der Waals surface area contributed by atoms with Crippen LogP contribution < -0.4 is 10.5 Å². The van der Waals surface area contributed by atoms with E-state index < -0.39 is 15.9 Å². The highest BCUT2D eigenvalue weighted by atomic mass is 35.5. The van der Waals surface area contributed by atoms with Gasteiger partial charge in [0.2, 0.25) is 10.0 Å². The molecule has 0 aromatic heterocycles. The Morgan fingerprint density at radius 3 is 2.33 bits per heavy atom. The lowest BCUT2D eigenvalue weighted by Crippen LogP contribution is -2.30. The van der Waals surface area contributed by atoms with Gasteiger partial charge in [-0.2, -0.15) is 0 Å². The van der Waals surface area contributed by atoms with Crippen molar-refractivity contribution in [1.29, 1.82) is 0 Å². The van der Waals surface area contributed by atoms with Gasteiger partial charge < -0.3 is 5.32 Å². The van der Waals surface area contributed by atoms with Crippen molar-refractivity contribution in [3.05, 3.63) is 27.7 Å². The molecule has 5 nitrogen and oxygen atoms in total. The standard InChI is InChI=1S/C13H18Cl2N2O3S/c1-7(2)8(3)6-17-13(18)10-4-9(21(16,19)20)5-11(14)12(10)15/h4-5,7-8H,6H2,1-3H3,(H,17,18)(H2,16,19,20). The predicted molar refractivity (Wildman–Crippen MR) is 84.2 cm³/mol. The van der Waals surface area contributed by atoms with Gasteiger partial charge in [-0.3, -0.25) is 4.79 Å². The minimum atomic E-state index is -3.97. The zero-order valence-electron chi connectivity index (χ0n) is 12.0. The van der Waals surface area contributed by atoms with E-state index in [1.54, 1.807) is 0 Å². The summed E-state index contributed by atoms with van der Waals surface area (Å²) in [6, 6.07) is 2.24. The molecular weight excluding hydrogens is 335 g/mol. The molecule has 0 aliphatic rings. The SMILES string of the molecule is CC(C)C(C)CNC(=O)c1cc(S(N)(=O)=O)cc(Cl)c1Cl. The Bertz CT molecular complexity index is 645. The van der Waals surface area contributed by atoms with Crippen molar-refractivity contribution in [2.45, 2.75) is 25.7 Å². The number of benzene rings is 1. The summed E-state index contributed by atoms with van der Waals surface area (Å²) in [5.41, 5.74) is -0.0100. The molecule has 0 aliphatic heterocycles. The van der Waals surface area contributed by atoms with Gasteiger partial charge in [-0.25, -0.2) is 13.6 Å². The number of hydrogen-bond donors (Lipinski definition) is 2. The van der Waals surface area contributed by atoms with Gasteiger partial charge in [0.05, 0.1) is 20.5 Å². The van der Waals surface area contributed by atoms with Crippen LogP contribution in [0.1, 0.15) is 31.1 Å². The summed E-state index contributed by atoms with van der Waals surface area (Å²) in [5, 5.41) is 7.72. The van der Waals surface area contributed by atoms with Gasteiger partial charge in [-0.15, -0.1) is 0 Å². The van der Waals surface area contributed by atoms with Crippen LogP contribution in [0.4, 0.5) is 0 Å². The second-order valence-corrected chi connectivity index (χ2v) is 7.59. The number of nitrogens with one attached hydrogen (secondary N) is 1. The maximum atomic E-state index is 12.1. The number of primary sulfonamides is 1. The minimum Gasteiger partial charge on any atom is -0.352 e. The zero-order valence-corrected chi connectivity index (χ0v) is 14.3. The maximum Gasteiger partial charge on any atom is 0.252 e. The lowest BCUT2D eigenvalue weighted by atomic mass is 9.98. The number of carbonyl (C=O) groups is 1. The molecule has 118 valence electrons. The molecule has 0 saturated heterocycles. The van der Waals surface area contributed by atoms with Crippen LogP contribution in [-0.2, 0) is 10.0 Å². The third-order valence-electron chi connectivity index (χ3n) is 3.30. The van der Waals surface area contributed by atoms with Gasteiger partial charge in [-0.05, 0) is 24.0 Å². The lowest BCUT2D eigenvalue weighted by molar-refractivity contribution is 0.0945. The average molecular weight is 353 g/mol. The molecule has 0 spiro atoms. The van der Waals surface area contributed by atoms with Crippen LogP contribution >= 0.6 is 23.2 Å². The first-order valence-corrected chi connectivity index (χ1v) is 8.64. The normalized spacial score (nSPS) is 13.3. The van der Waals surface area contributed by atoms with E-state index >= 15 is 0 Å². The summed E-state index contributed by atoms with van der Waals surface area (Å²) in [6.45, 7) is 6.54. The molecule has 8 heteroatoms. The van der Waals surface area contributed by atoms with Gasteiger partial charge in [0, 0.05) is 6.54 Å². The summed E-state index contributed by atoms with van der Waals surface area (Å²) in [5.74, 6) is 0.185. The van der Waals surface area contributed by atoms with Crippen molar-refractivity contribution in [3.63, 3.8) is 0 Å². The highest BCUT2D eigenvalue weighted by molar-refractivity contribution is 7.89. The van der Waals surface area contributed by atoms with Crippen LogP contribution in [0.25, 0.3) is 0 Å². The highest BCUT2D eigenvalue weighted by Gasteiger charge is 2.19. The average Bonchev–Trinajstić information content (AvgIpc) is 2.37. The fraction of sp³-hybridized carbons (Fsp3) is 0.462. The van der Waals surface area contributed by atoms with Crippen molar-refractivity contribution >= 4 is 39.1 Å². The van der Waals surface area contributed by atoms with Crippen molar-refractivity contribution in [3.8, 4) is 0 Å². The van der Waals surface area contributed by atoms with E-state index in [2.05, 4.69) is 5.32 Å². The van der Waals surface area contributed by atoms with Crippen molar-refractivity contribution in [2.24, 2.45) is 17.0 Å². The molecule has 1 aromatic carbocycles. The van der Waals surface area contributed by atoms with E-state index in [4.69, 9.17) is 28.3 Å². The molecule has 3 N–H and O–H groups in total. The Kier molecular flexibility index (Phi) is 6.04. The molecule has 1 unspecified atom stereocenters. The second-order valence-electron chi connectivity index (χ2n) is 5.24. The van der Waals surface area contributed by atoms with Crippen LogP contribution in [0.3, 0.4) is 0 Å². The molecule has 1 atom stereocenters. The molecule has 0 saturated carbocycles. The van der Waals surface area contributed by atoms with E-state index in [-0.39, 0.29) is 26.4 Å². The quantitative estimate of drug-likeness (QED) is 0.853. The third-order valence-corrected chi connectivity index (χ3v) is 4.99. The van der Waals surface area contributed by atoms with E-state index in [1.807, 2.05) is 20.8 Å². The lowest BCUT2D eigenvalue weighted by Gasteiger charge is -2.16. The van der Waals surface area contributed by atoms with Gasteiger partial charge in [0.25, 0.3) is 5.91 Å². The first-order chi connectivity index (χ1) is 9.54. The molecule has 1 aromatic rings. The van der Waals surface area contributed by atoms with Crippen LogP contribution in [0.5, 0.6) is 0 Å². The number of hydrogen-bond acceptors (Lipinski definition) is 3. The van der Waals surface area contributed by atoms with Crippen LogP contribution in [-0.4, -0.2) is 20.9 Å². The summed E-state index contributed by atoms with van der Waals surface area (Å²) in [7, 11) is -3.97. The van der Waals surface area contributed by atoms with Gasteiger partial charge in [-0.1, -0.05) is 44.0 Å². The predicted octanol–water partition coefficient (Wildman–Crippen LogP) is 2.66. The van der Waals surface area contributed by atoms with Gasteiger partial charge in [0.15, 0.2) is 0 Å². The van der Waals surface area contributed by atoms with E-state index in [0.717, 1.165) is 12.1 Å². The molecule has 0 heterocycles. The summed E-state index contributed by atoms with van der Waals surface area (Å²) in [6.07, 6.45) is 0. The molecule has 1 amide bonds. The summed E-state index contributed by atoms with van der Waals surface area (Å²) >= 11 is 11.8. The summed E-state index contributed by atoms with van der Waals surface area (Å²) < 4.78 is 22.7. The molecule has 0 aliphatic carbocycles. The Morgan fingerprint density at radius 1 is 1.29 bits per heavy atom. The second kappa shape index (κ2) is 6.96. The van der Waals surface area contributed by atoms with Gasteiger partial charge >= 0.3 is 0 Å². The first-order valence-electron chi connectivity index (χ1n) is 6.34. The van der Waals surface area contributed by atoms with E-state index in [1.165, 1.54) is 0 Å². The molecule has 0 fully saturated rings. The topological polar surface area (TPSA) is 89.3 Å². The first kappa shape index (κ1) is 18.2. The van der Waals surface area contributed by atoms with Gasteiger partial charge in [0.1, 0.15) is 0 Å². The number of carbonyl (C=O) groups excluding carboxylic acids is 1. The highest BCUT2D eigenvalue weighted by Crippen LogP contribution is 2.29. The Balaban J connectivity index is 3.07. The smallest absolute Gasteiger partial charge is 0.252 e. The number of sulfonamides is 1. The molecule has 0 radical (unpaired) electrons. The molecular formula is C13H18Cl2N2O3S. The number of halogens is 2. The summed E-state index contributed by atoms with van der Waals surface area (Å²) in [4.78, 5) is 11.9. The Morgan fingerprint density at radius 2 is 1.86 bits per heavy atom. The van der Waals surface area contributed by atoms with Crippen molar-refractivity contribution in [1.82, 2.24) is 5.32 Å². The van der Waals surface area contributed by atoms with E-state index in [9.17, 15) is 13.2 Å². The van der Waals surface area contributed by atoms with Crippen LogP contribution in [0.2, 0.25) is 10.0 Å². The third kappa shape index (κ3) is 4.85. The minimum absolute atomic E-state index is 0.00114. The van der Waals surface area contributed by atoms with Crippen LogP contribution in [0.15, 0.2) is 17.0 Å². The van der Waals surface area contributed by atoms with E-state index in [0.29, 0.717) is 12.5 Å². The number of amides is 1. The largest absolute Gasteiger partial charge is 0.352 e. The Labute approximate surface area is 134 Å². The maximum absolute atomic E-state index is 12.1. The zero-order chi connectivity index (χ0) is 16.4. The van der Waals surface area contributed by atoms with Crippen molar-refractivity contribution in [2.75, 3.05) is 6.54 Å². The van der Waals surface area contributed by atoms with Crippen LogP contribution in [0, 0.1) is 11.8 Å².